The van der Waals surface area contributed by atoms with Gasteiger partial charge >= 0.3 is 17.9 Å². The Morgan fingerprint density at radius 2 is 0.534 bits per heavy atom. The normalized spacial score (nSPS) is 12.8. The van der Waals surface area contributed by atoms with Crippen LogP contribution in [0.3, 0.4) is 0 Å². The minimum absolute atomic E-state index is 0.0870. The third kappa shape index (κ3) is 59.1. The maximum atomic E-state index is 12.9. The van der Waals surface area contributed by atoms with E-state index in [1.807, 2.05) is 0 Å². The first-order chi connectivity index (χ1) is 36.0. The molecule has 0 aliphatic heterocycles. The largest absolute Gasteiger partial charge is 0.462 e. The number of rotatable bonds is 55. The van der Waals surface area contributed by atoms with E-state index in [4.69, 9.17) is 14.2 Å². The zero-order chi connectivity index (χ0) is 52.9. The lowest BCUT2D eigenvalue weighted by Gasteiger charge is -2.18. The van der Waals surface area contributed by atoms with Crippen LogP contribution in [-0.2, 0) is 28.6 Å². The maximum Gasteiger partial charge on any atom is 0.306 e. The molecule has 0 amide bonds. The molecule has 1 atom stereocenters. The molecule has 0 aliphatic carbocycles. The zero-order valence-corrected chi connectivity index (χ0v) is 47.9. The second-order valence-corrected chi connectivity index (χ2v) is 20.2. The summed E-state index contributed by atoms with van der Waals surface area (Å²) < 4.78 is 16.9. The third-order valence-corrected chi connectivity index (χ3v) is 13.0. The fraction of sp³-hybridized carbons (Fsp3) is 0.716. The summed E-state index contributed by atoms with van der Waals surface area (Å²) in [7, 11) is 0. The van der Waals surface area contributed by atoms with Gasteiger partial charge in [-0.2, -0.15) is 0 Å². The number of hydrogen-bond acceptors (Lipinski definition) is 6. The predicted octanol–water partition coefficient (Wildman–Crippen LogP) is 20.9. The minimum Gasteiger partial charge on any atom is -0.462 e. The monoisotopic (exact) mass is 1010 g/mol. The molecule has 0 heterocycles. The zero-order valence-electron chi connectivity index (χ0n) is 47.9. The van der Waals surface area contributed by atoms with E-state index in [1.165, 1.54) is 128 Å². The van der Waals surface area contributed by atoms with Crippen LogP contribution in [0.2, 0.25) is 0 Å². The summed E-state index contributed by atoms with van der Waals surface area (Å²) in [5.41, 5.74) is 0. The van der Waals surface area contributed by atoms with Gasteiger partial charge in [0.1, 0.15) is 13.2 Å². The van der Waals surface area contributed by atoms with Gasteiger partial charge in [-0.1, -0.05) is 246 Å². The maximum absolute atomic E-state index is 12.9. The second kappa shape index (κ2) is 60.9. The van der Waals surface area contributed by atoms with Crippen LogP contribution >= 0.6 is 0 Å². The van der Waals surface area contributed by atoms with Crippen molar-refractivity contribution in [3.05, 3.63) is 97.2 Å². The Balaban J connectivity index is 4.32. The highest BCUT2D eigenvalue weighted by atomic mass is 16.6. The summed E-state index contributed by atoms with van der Waals surface area (Å²) in [6, 6.07) is 0. The topological polar surface area (TPSA) is 78.9 Å². The van der Waals surface area contributed by atoms with E-state index < -0.39 is 6.10 Å². The van der Waals surface area contributed by atoms with E-state index in [0.717, 1.165) is 122 Å². The van der Waals surface area contributed by atoms with Gasteiger partial charge in [0.25, 0.3) is 0 Å². The van der Waals surface area contributed by atoms with Crippen molar-refractivity contribution < 1.29 is 28.6 Å². The van der Waals surface area contributed by atoms with Crippen molar-refractivity contribution in [2.75, 3.05) is 13.2 Å². The molecule has 6 nitrogen and oxygen atoms in total. The Morgan fingerprint density at radius 1 is 0.288 bits per heavy atom. The molecule has 0 aromatic rings. The lowest BCUT2D eigenvalue weighted by Crippen LogP contribution is -2.30. The number of carbonyl (C=O) groups excluding carboxylic acids is 3. The van der Waals surface area contributed by atoms with Crippen molar-refractivity contribution >= 4 is 17.9 Å². The molecule has 0 radical (unpaired) electrons. The van der Waals surface area contributed by atoms with Crippen molar-refractivity contribution in [2.45, 2.75) is 297 Å². The summed E-state index contributed by atoms with van der Waals surface area (Å²) in [5.74, 6) is -0.906. The van der Waals surface area contributed by atoms with Crippen LogP contribution in [0.1, 0.15) is 290 Å². The number of hydrogen-bond donors (Lipinski definition) is 0. The van der Waals surface area contributed by atoms with Crippen LogP contribution in [0.25, 0.3) is 0 Å². The summed E-state index contributed by atoms with van der Waals surface area (Å²) in [5, 5.41) is 0. The Kier molecular flexibility index (Phi) is 57.8. The molecule has 0 aliphatic rings. The van der Waals surface area contributed by atoms with E-state index in [-0.39, 0.29) is 31.1 Å². The second-order valence-electron chi connectivity index (χ2n) is 20.2. The molecule has 0 saturated heterocycles. The van der Waals surface area contributed by atoms with Crippen LogP contribution in [0.5, 0.6) is 0 Å². The van der Waals surface area contributed by atoms with Crippen LogP contribution in [0.4, 0.5) is 0 Å². The number of esters is 3. The van der Waals surface area contributed by atoms with Gasteiger partial charge in [0.15, 0.2) is 6.10 Å². The van der Waals surface area contributed by atoms with E-state index in [0.29, 0.717) is 19.3 Å². The third-order valence-electron chi connectivity index (χ3n) is 13.0. The first kappa shape index (κ1) is 69.3. The molecule has 0 saturated carbocycles. The quantitative estimate of drug-likeness (QED) is 0.0261. The Morgan fingerprint density at radius 3 is 0.877 bits per heavy atom. The molecule has 0 spiro atoms. The molecule has 0 aromatic heterocycles. The summed E-state index contributed by atoms with van der Waals surface area (Å²) >= 11 is 0. The molecule has 0 fully saturated rings. The van der Waals surface area contributed by atoms with Crippen molar-refractivity contribution in [3.8, 4) is 0 Å². The molecule has 418 valence electrons. The average molecular weight is 1020 g/mol. The van der Waals surface area contributed by atoms with E-state index in [1.54, 1.807) is 0 Å². The lowest BCUT2D eigenvalue weighted by molar-refractivity contribution is -0.167. The van der Waals surface area contributed by atoms with Crippen molar-refractivity contribution in [1.29, 1.82) is 0 Å². The summed E-state index contributed by atoms with van der Waals surface area (Å²) in [6.45, 7) is 6.49. The fourth-order valence-electron chi connectivity index (χ4n) is 8.44. The highest BCUT2D eigenvalue weighted by molar-refractivity contribution is 5.71. The highest BCUT2D eigenvalue weighted by Gasteiger charge is 2.19. The molecule has 6 heteroatoms. The van der Waals surface area contributed by atoms with Gasteiger partial charge in [-0.3, -0.25) is 14.4 Å². The fourth-order valence-corrected chi connectivity index (χ4v) is 8.44. The molecular formula is C67H114O6. The van der Waals surface area contributed by atoms with Gasteiger partial charge in [-0.25, -0.2) is 0 Å². The molecule has 1 unspecified atom stereocenters. The number of allylic oxidation sites excluding steroid dienone is 16. The van der Waals surface area contributed by atoms with Gasteiger partial charge < -0.3 is 14.2 Å². The molecule has 0 bridgehead atoms. The molecule has 73 heavy (non-hydrogen) atoms. The van der Waals surface area contributed by atoms with Crippen LogP contribution in [0.15, 0.2) is 97.2 Å². The van der Waals surface area contributed by atoms with E-state index >= 15 is 0 Å². The highest BCUT2D eigenvalue weighted by Crippen LogP contribution is 2.15. The standard InChI is InChI=1S/C67H114O6/c1-4-7-10-13-16-19-22-25-27-29-30-31-32-33-34-35-36-37-38-39-41-42-45-48-51-54-57-60-66(69)72-63-64(62-71-65(68)59-56-53-50-47-44-24-21-18-15-12-9-6-3)73-67(70)61-58-55-52-49-46-43-40-28-26-23-20-17-14-11-8-5-2/h7,10,16,18-19,21,25,27-28,30-31,33-34,36-37,40,64H,4-6,8-9,11-15,17,20,22-24,26,29,32,35,38-39,41-63H2,1-3H3/b10-7-,19-16-,21-18-,27-25-,31-30-,34-33-,37-36-,40-28-. The van der Waals surface area contributed by atoms with E-state index in [2.05, 4.69) is 118 Å². The number of unbranched alkanes of at least 4 members (excludes halogenated alkanes) is 28. The number of carbonyl (C=O) groups is 3. The molecule has 0 aromatic carbocycles. The SMILES string of the molecule is CC/C=C\C/C=C\C/C=C\C/C=C\C/C=C\C/C=C\CCCCCCCCCCC(=O)OCC(COC(=O)CCCCCCC/C=C\CCCCC)OC(=O)CCCCCCC/C=C\CCCCCCCCC. The van der Waals surface area contributed by atoms with Gasteiger partial charge in [0.05, 0.1) is 0 Å². The first-order valence-electron chi connectivity index (χ1n) is 30.7. The molecule has 0 N–H and O–H groups in total. The van der Waals surface area contributed by atoms with Crippen LogP contribution in [0, 0.1) is 0 Å². The van der Waals surface area contributed by atoms with Crippen LogP contribution < -0.4 is 0 Å². The minimum atomic E-state index is -0.789. The first-order valence-corrected chi connectivity index (χ1v) is 30.7. The predicted molar refractivity (Wildman–Crippen MR) is 316 cm³/mol. The van der Waals surface area contributed by atoms with Gasteiger partial charge in [0, 0.05) is 19.3 Å². The Bertz CT molecular complexity index is 1440. The summed E-state index contributed by atoms with van der Waals surface area (Å²) in [6.07, 6.45) is 81.2. The average Bonchev–Trinajstić information content (AvgIpc) is 3.39. The Labute approximate surface area is 451 Å². The molecule has 0 rings (SSSR count). The molecular weight excluding hydrogens is 901 g/mol. The number of ether oxygens (including phenoxy) is 3. The van der Waals surface area contributed by atoms with E-state index in [9.17, 15) is 14.4 Å². The Hall–Kier alpha value is -3.67. The van der Waals surface area contributed by atoms with Crippen LogP contribution in [-0.4, -0.2) is 37.2 Å². The van der Waals surface area contributed by atoms with Gasteiger partial charge in [0.2, 0.25) is 0 Å². The van der Waals surface area contributed by atoms with Crippen molar-refractivity contribution in [3.63, 3.8) is 0 Å². The van der Waals surface area contributed by atoms with Crippen molar-refractivity contribution in [1.82, 2.24) is 0 Å². The lowest BCUT2D eigenvalue weighted by atomic mass is 10.1. The van der Waals surface area contributed by atoms with Crippen molar-refractivity contribution in [2.24, 2.45) is 0 Å². The smallest absolute Gasteiger partial charge is 0.306 e. The van der Waals surface area contributed by atoms with Gasteiger partial charge in [-0.05, 0) is 122 Å². The summed E-state index contributed by atoms with van der Waals surface area (Å²) in [4.78, 5) is 38.2. The van der Waals surface area contributed by atoms with Gasteiger partial charge in [-0.15, -0.1) is 0 Å².